The van der Waals surface area contributed by atoms with Crippen molar-refractivity contribution < 1.29 is 23.9 Å². The zero-order chi connectivity index (χ0) is 13.3. The summed E-state index contributed by atoms with van der Waals surface area (Å²) in [6.07, 6.45) is -1.35. The maximum Gasteiger partial charge on any atom is 0.407 e. The lowest BCUT2D eigenvalue weighted by Gasteiger charge is -2.15. The van der Waals surface area contributed by atoms with Crippen LogP contribution in [-0.4, -0.2) is 43.8 Å². The van der Waals surface area contributed by atoms with Gasteiger partial charge in [-0.3, -0.25) is 4.79 Å². The van der Waals surface area contributed by atoms with Gasteiger partial charge in [-0.05, 0) is 20.8 Å². The van der Waals surface area contributed by atoms with Gasteiger partial charge in [0.15, 0.2) is 5.78 Å². The van der Waals surface area contributed by atoms with Gasteiger partial charge in [-0.1, -0.05) is 0 Å². The van der Waals surface area contributed by atoms with Gasteiger partial charge in [0.05, 0.1) is 6.61 Å². The van der Waals surface area contributed by atoms with E-state index < -0.39 is 18.2 Å². The van der Waals surface area contributed by atoms with Crippen LogP contribution in [0.3, 0.4) is 0 Å². The molecule has 0 heterocycles. The smallest absolute Gasteiger partial charge is 0.407 e. The maximum atomic E-state index is 11.2. The summed E-state index contributed by atoms with van der Waals surface area (Å²) in [6.45, 7) is 5.08. The summed E-state index contributed by atoms with van der Waals surface area (Å²) in [4.78, 5) is 33.3. The Morgan fingerprint density at radius 1 is 1.12 bits per heavy atom. The van der Waals surface area contributed by atoms with Gasteiger partial charge in [0.25, 0.3) is 0 Å². The zero-order valence-corrected chi connectivity index (χ0v) is 10.2. The van der Waals surface area contributed by atoms with Crippen molar-refractivity contribution in [3.63, 3.8) is 0 Å². The van der Waals surface area contributed by atoms with Crippen LogP contribution in [0, 0.1) is 0 Å². The molecule has 0 aliphatic heterocycles. The minimum absolute atomic E-state index is 0.202. The number of hydrogen-bond acceptors (Lipinski definition) is 5. The number of ether oxygens (including phenoxy) is 2. The number of carbonyl (C=O) groups is 3. The van der Waals surface area contributed by atoms with E-state index in [9.17, 15) is 14.4 Å². The highest BCUT2D eigenvalue weighted by molar-refractivity contribution is 5.85. The third-order valence-electron chi connectivity index (χ3n) is 1.76. The van der Waals surface area contributed by atoms with E-state index in [1.54, 1.807) is 13.8 Å². The van der Waals surface area contributed by atoms with E-state index in [-0.39, 0.29) is 19.0 Å². The molecule has 7 heteroatoms. The quantitative estimate of drug-likeness (QED) is 0.709. The van der Waals surface area contributed by atoms with Gasteiger partial charge >= 0.3 is 12.2 Å². The van der Waals surface area contributed by atoms with Crippen LogP contribution >= 0.6 is 0 Å². The van der Waals surface area contributed by atoms with E-state index in [1.807, 2.05) is 0 Å². The number of amides is 2. The monoisotopic (exact) mass is 246 g/mol. The second kappa shape index (κ2) is 8.37. The number of ketones is 1. The highest BCUT2D eigenvalue weighted by Gasteiger charge is 2.19. The van der Waals surface area contributed by atoms with Gasteiger partial charge in [-0.2, -0.15) is 0 Å². The molecule has 0 aromatic rings. The van der Waals surface area contributed by atoms with Crippen molar-refractivity contribution in [3.8, 4) is 0 Å². The number of carbonyl (C=O) groups excluding carboxylic acids is 3. The van der Waals surface area contributed by atoms with Crippen molar-refractivity contribution in [1.29, 1.82) is 0 Å². The molecule has 0 fully saturated rings. The van der Waals surface area contributed by atoms with Gasteiger partial charge in [0.1, 0.15) is 12.6 Å². The van der Waals surface area contributed by atoms with Crippen LogP contribution in [-0.2, 0) is 14.3 Å². The van der Waals surface area contributed by atoms with E-state index in [4.69, 9.17) is 4.74 Å². The van der Waals surface area contributed by atoms with E-state index in [1.165, 1.54) is 6.92 Å². The minimum Gasteiger partial charge on any atom is -0.450 e. The van der Waals surface area contributed by atoms with Gasteiger partial charge in [-0.25, -0.2) is 9.59 Å². The third-order valence-corrected chi connectivity index (χ3v) is 1.76. The number of alkyl carbamates (subject to hydrolysis) is 2. The number of nitrogens with one attached hydrogen (secondary N) is 2. The fraction of sp³-hybridized carbons (Fsp3) is 0.700. The van der Waals surface area contributed by atoms with Crippen molar-refractivity contribution in [1.82, 2.24) is 10.6 Å². The molecule has 0 radical (unpaired) electrons. The Kier molecular flexibility index (Phi) is 7.49. The average Bonchev–Trinajstić information content (AvgIpc) is 2.24. The predicted octanol–water partition coefficient (Wildman–Crippen LogP) is 0.436. The minimum atomic E-state index is -0.892. The number of Topliss-reactive ketones (excluding diaryl/α,β-unsaturated/α-hetero) is 1. The highest BCUT2D eigenvalue weighted by Crippen LogP contribution is 1.91. The van der Waals surface area contributed by atoms with Crippen LogP contribution in [0.1, 0.15) is 20.8 Å². The second-order valence-corrected chi connectivity index (χ2v) is 3.16. The van der Waals surface area contributed by atoms with Gasteiger partial charge in [-0.15, -0.1) is 0 Å². The molecule has 0 saturated carbocycles. The molecule has 1 atom stereocenters. The fourth-order valence-electron chi connectivity index (χ4n) is 0.930. The van der Waals surface area contributed by atoms with Crippen LogP contribution in [0.4, 0.5) is 9.59 Å². The predicted molar refractivity (Wildman–Crippen MR) is 59.7 cm³/mol. The standard InChI is InChI=1S/C10H18N2O5/c1-4-11-9(14)17-6-8(7(3)13)12-10(15)16-5-2/h8H,4-6H2,1-3H3,(H,11,14)(H,12,15). The molecule has 98 valence electrons. The molecule has 1 unspecified atom stereocenters. The molecule has 2 amide bonds. The first kappa shape index (κ1) is 15.2. The molecule has 0 aliphatic carbocycles. The van der Waals surface area contributed by atoms with Crippen molar-refractivity contribution in [2.24, 2.45) is 0 Å². The van der Waals surface area contributed by atoms with Crippen molar-refractivity contribution in [2.45, 2.75) is 26.8 Å². The summed E-state index contributed by atoms with van der Waals surface area (Å²) in [7, 11) is 0. The Bertz CT molecular complexity index is 280. The molecular formula is C10H18N2O5. The van der Waals surface area contributed by atoms with Gasteiger partial charge in [0.2, 0.25) is 0 Å². The summed E-state index contributed by atoms with van der Waals surface area (Å²) in [6, 6.07) is -0.892. The van der Waals surface area contributed by atoms with E-state index in [0.717, 1.165) is 0 Å². The first-order valence-electron chi connectivity index (χ1n) is 5.35. The lowest BCUT2D eigenvalue weighted by molar-refractivity contribution is -0.119. The Labute approximate surface area is 99.8 Å². The summed E-state index contributed by atoms with van der Waals surface area (Å²) in [5.41, 5.74) is 0. The second-order valence-electron chi connectivity index (χ2n) is 3.16. The van der Waals surface area contributed by atoms with Crippen molar-refractivity contribution >= 4 is 18.0 Å². The Balaban J connectivity index is 4.11. The lowest BCUT2D eigenvalue weighted by Crippen LogP contribution is -2.44. The molecule has 0 spiro atoms. The molecule has 0 aliphatic rings. The van der Waals surface area contributed by atoms with E-state index in [2.05, 4.69) is 15.4 Å². The van der Waals surface area contributed by atoms with Gasteiger partial charge in [0, 0.05) is 6.54 Å². The summed E-state index contributed by atoms with van der Waals surface area (Å²) in [5, 5.41) is 4.70. The molecular weight excluding hydrogens is 228 g/mol. The molecule has 2 N–H and O–H groups in total. The first-order valence-corrected chi connectivity index (χ1v) is 5.35. The summed E-state index contributed by atoms with van der Waals surface area (Å²) < 4.78 is 9.36. The number of hydrogen-bond donors (Lipinski definition) is 2. The van der Waals surface area contributed by atoms with Crippen LogP contribution in [0.25, 0.3) is 0 Å². The maximum absolute atomic E-state index is 11.2. The SMILES string of the molecule is CCNC(=O)OCC(NC(=O)OCC)C(C)=O. The summed E-state index contributed by atoms with van der Waals surface area (Å²) >= 11 is 0. The normalized spacial score (nSPS) is 11.2. The van der Waals surface area contributed by atoms with Crippen molar-refractivity contribution in [3.05, 3.63) is 0 Å². The van der Waals surface area contributed by atoms with Crippen LogP contribution in [0.5, 0.6) is 0 Å². The molecule has 0 saturated heterocycles. The van der Waals surface area contributed by atoms with Crippen LogP contribution < -0.4 is 10.6 Å². The van der Waals surface area contributed by atoms with Gasteiger partial charge < -0.3 is 20.1 Å². The van der Waals surface area contributed by atoms with E-state index >= 15 is 0 Å². The fourth-order valence-corrected chi connectivity index (χ4v) is 0.930. The van der Waals surface area contributed by atoms with Crippen LogP contribution in [0.2, 0.25) is 0 Å². The first-order chi connectivity index (χ1) is 8.01. The molecule has 17 heavy (non-hydrogen) atoms. The van der Waals surface area contributed by atoms with Crippen LogP contribution in [0.15, 0.2) is 0 Å². The zero-order valence-electron chi connectivity index (χ0n) is 10.2. The molecule has 0 rings (SSSR count). The molecule has 7 nitrogen and oxygen atoms in total. The largest absolute Gasteiger partial charge is 0.450 e. The Morgan fingerprint density at radius 2 is 1.76 bits per heavy atom. The molecule has 0 bridgehead atoms. The topological polar surface area (TPSA) is 93.7 Å². The Morgan fingerprint density at radius 3 is 2.24 bits per heavy atom. The highest BCUT2D eigenvalue weighted by atomic mass is 16.6. The lowest BCUT2D eigenvalue weighted by atomic mass is 10.2. The average molecular weight is 246 g/mol. The van der Waals surface area contributed by atoms with Crippen molar-refractivity contribution in [2.75, 3.05) is 19.8 Å². The van der Waals surface area contributed by atoms with E-state index in [0.29, 0.717) is 6.54 Å². The Hall–Kier alpha value is -1.79. The molecule has 0 aromatic carbocycles. The summed E-state index contributed by atoms with van der Waals surface area (Å²) in [5.74, 6) is -0.317. The number of rotatable bonds is 6. The third kappa shape index (κ3) is 7.15. The molecule has 0 aromatic heterocycles.